The maximum Gasteiger partial charge on any atom is 0.341 e. The van der Waals surface area contributed by atoms with Crippen molar-refractivity contribution in [2.75, 3.05) is 7.15 Å². The molecular formula is C33H40Cl3FN6O6. The van der Waals surface area contributed by atoms with E-state index in [2.05, 4.69) is 25.3 Å². The number of carbonyl (C=O) groups is 2. The summed E-state index contributed by atoms with van der Waals surface area (Å²) in [6.45, 7) is 10.7. The largest absolute Gasteiger partial charge is 0.475 e. The number of ether oxygens (including phenoxy) is 4. The topological polar surface area (TPSA) is 143 Å². The molecule has 0 radical (unpaired) electrons. The molecule has 2 aliphatic rings. The van der Waals surface area contributed by atoms with Crippen molar-refractivity contribution in [3.8, 4) is 17.6 Å². The molecule has 0 atom stereocenters. The van der Waals surface area contributed by atoms with Gasteiger partial charge in [0, 0.05) is 18.3 Å². The molecule has 4 aromatic rings. The van der Waals surface area contributed by atoms with Crippen LogP contribution in [0.5, 0.6) is 11.8 Å². The number of nitrogens with zero attached hydrogens (tertiary/aromatic N) is 5. The molecule has 2 aliphatic carbocycles. The third-order valence-electron chi connectivity index (χ3n) is 5.79. The van der Waals surface area contributed by atoms with Gasteiger partial charge in [-0.05, 0) is 91.5 Å². The Morgan fingerprint density at radius 2 is 1.37 bits per heavy atom. The highest BCUT2D eigenvalue weighted by molar-refractivity contribution is 6.34. The van der Waals surface area contributed by atoms with E-state index in [4.69, 9.17) is 55.1 Å². The van der Waals surface area contributed by atoms with Crippen molar-refractivity contribution in [2.24, 2.45) is 0 Å². The molecule has 0 aliphatic heterocycles. The zero-order chi connectivity index (χ0) is 37.1. The number of nitrogens with one attached hydrogen (secondary N) is 1. The Balaban J connectivity index is 0.000000213. The Hall–Kier alpha value is -3.94. The standard InChI is InChI=1S/C16H18ClN3O3.C10H11Cl2NO2.C6H8N2O.CH3F/c1-16(2,3)23-15(21)11-6-7-12(18-14(11)17)20-9-8-13(19-20)22-10-4-5-10;1-10(2,3)15-9(14)6-4-5-7(11)13-8(6)12;1-2-5(1)9-6-3-4-7-8-6;1-2/h6-10H,4-5H2,1-3H3;4-5H,1-3H3;3-5H,1-2H2,(H,7,8);1H3/i;;;1D. The predicted molar refractivity (Wildman–Crippen MR) is 184 cm³/mol. The smallest absolute Gasteiger partial charge is 0.341 e. The van der Waals surface area contributed by atoms with Crippen LogP contribution in [0.1, 0.15) is 89.3 Å². The molecule has 2 fully saturated rings. The van der Waals surface area contributed by atoms with Gasteiger partial charge >= 0.3 is 11.9 Å². The minimum atomic E-state index is -1.00. The molecule has 0 unspecified atom stereocenters. The average Bonchev–Trinajstić information content (AvgIpc) is 3.89. The van der Waals surface area contributed by atoms with Crippen LogP contribution in [0.25, 0.3) is 5.82 Å². The van der Waals surface area contributed by atoms with Crippen LogP contribution in [0.2, 0.25) is 15.5 Å². The number of H-pyrrole nitrogens is 1. The van der Waals surface area contributed by atoms with Gasteiger partial charge in [-0.1, -0.05) is 34.8 Å². The third kappa shape index (κ3) is 14.2. The van der Waals surface area contributed by atoms with E-state index in [9.17, 15) is 14.0 Å². The van der Waals surface area contributed by atoms with Crippen LogP contribution in [-0.2, 0) is 9.47 Å². The molecule has 6 rings (SSSR count). The number of esters is 2. The molecular weight excluding hydrogens is 702 g/mol. The van der Waals surface area contributed by atoms with Gasteiger partial charge in [0.2, 0.25) is 11.8 Å². The summed E-state index contributed by atoms with van der Waals surface area (Å²) in [4.78, 5) is 31.6. The van der Waals surface area contributed by atoms with Gasteiger partial charge in [0.1, 0.15) is 38.9 Å². The second-order valence-electron chi connectivity index (χ2n) is 12.6. The molecule has 266 valence electrons. The molecule has 0 aromatic carbocycles. The summed E-state index contributed by atoms with van der Waals surface area (Å²) in [6.07, 6.45) is 8.71. The molecule has 0 saturated heterocycles. The molecule has 49 heavy (non-hydrogen) atoms. The first-order chi connectivity index (χ1) is 23.5. The van der Waals surface area contributed by atoms with Crippen LogP contribution < -0.4 is 9.47 Å². The van der Waals surface area contributed by atoms with E-state index >= 15 is 0 Å². The number of pyridine rings is 2. The second kappa shape index (κ2) is 17.6. The summed E-state index contributed by atoms with van der Waals surface area (Å²) in [5.41, 5.74) is -0.696. The fraction of sp³-hybridized carbons (Fsp3) is 0.455. The van der Waals surface area contributed by atoms with Crippen molar-refractivity contribution in [3.05, 3.63) is 75.4 Å². The number of hydrogen-bond acceptors (Lipinski definition) is 10. The van der Waals surface area contributed by atoms with Crippen molar-refractivity contribution in [1.82, 2.24) is 29.9 Å². The number of alkyl halides is 1. The van der Waals surface area contributed by atoms with E-state index in [0.717, 1.165) is 18.7 Å². The first-order valence-corrected chi connectivity index (χ1v) is 16.3. The van der Waals surface area contributed by atoms with E-state index in [1.807, 2.05) is 6.07 Å². The normalized spacial score (nSPS) is 14.0. The first kappa shape index (κ1) is 37.9. The molecule has 1 N–H and O–H groups in total. The van der Waals surface area contributed by atoms with Crippen molar-refractivity contribution in [1.29, 1.82) is 0 Å². The van der Waals surface area contributed by atoms with Gasteiger partial charge in [-0.2, -0.15) is 5.10 Å². The fourth-order valence-electron chi connectivity index (χ4n) is 3.46. The molecule has 12 nitrogen and oxygen atoms in total. The van der Waals surface area contributed by atoms with Crippen molar-refractivity contribution < 1.29 is 34.3 Å². The molecule has 0 bridgehead atoms. The summed E-state index contributed by atoms with van der Waals surface area (Å²) in [7, 11) is -1.00. The number of aromatic amines is 1. The maximum absolute atomic E-state index is 12.1. The van der Waals surface area contributed by atoms with Crippen molar-refractivity contribution >= 4 is 46.7 Å². The highest BCUT2D eigenvalue weighted by Gasteiger charge is 2.25. The monoisotopic (exact) mass is 741 g/mol. The Morgan fingerprint density at radius 1 is 0.837 bits per heavy atom. The minimum Gasteiger partial charge on any atom is -0.475 e. The molecule has 0 amide bonds. The minimum absolute atomic E-state index is 0.0525. The lowest BCUT2D eigenvalue weighted by molar-refractivity contribution is 0.00567. The number of aromatic nitrogens is 6. The number of halogens is 4. The van der Waals surface area contributed by atoms with Crippen LogP contribution in [-0.4, -0.2) is 72.4 Å². The lowest BCUT2D eigenvalue weighted by Crippen LogP contribution is -2.24. The van der Waals surface area contributed by atoms with E-state index in [-0.39, 0.29) is 32.7 Å². The van der Waals surface area contributed by atoms with Gasteiger partial charge in [0.05, 0.1) is 25.8 Å². The van der Waals surface area contributed by atoms with Crippen LogP contribution in [0.4, 0.5) is 4.39 Å². The number of rotatable bonds is 7. The Bertz CT molecular complexity index is 1690. The average molecular weight is 743 g/mol. The highest BCUT2D eigenvalue weighted by Crippen LogP contribution is 2.27. The van der Waals surface area contributed by atoms with E-state index in [1.165, 1.54) is 25.0 Å². The Kier molecular flexibility index (Phi) is 13.6. The van der Waals surface area contributed by atoms with Crippen LogP contribution in [0.3, 0.4) is 0 Å². The summed E-state index contributed by atoms with van der Waals surface area (Å²) in [5.74, 6) is 0.850. The van der Waals surface area contributed by atoms with Crippen LogP contribution >= 0.6 is 34.8 Å². The maximum atomic E-state index is 12.1. The Morgan fingerprint density at radius 3 is 1.84 bits per heavy atom. The van der Waals surface area contributed by atoms with Gasteiger partial charge < -0.3 is 18.9 Å². The molecule has 4 heterocycles. The fourth-order valence-corrected chi connectivity index (χ4v) is 4.11. The van der Waals surface area contributed by atoms with E-state index < -0.39 is 30.3 Å². The number of hydrogen-bond donors (Lipinski definition) is 1. The lowest BCUT2D eigenvalue weighted by Gasteiger charge is -2.19. The van der Waals surface area contributed by atoms with Crippen LogP contribution in [0, 0.1) is 0 Å². The molecule has 0 spiro atoms. The van der Waals surface area contributed by atoms with Gasteiger partial charge in [-0.15, -0.1) is 5.10 Å². The van der Waals surface area contributed by atoms with Crippen LogP contribution in [0.15, 0.2) is 48.8 Å². The summed E-state index contributed by atoms with van der Waals surface area (Å²) in [5, 5.41) is 11.2. The molecule has 4 aromatic heterocycles. The van der Waals surface area contributed by atoms with Gasteiger partial charge in [0.15, 0.2) is 5.82 Å². The van der Waals surface area contributed by atoms with Gasteiger partial charge in [-0.25, -0.2) is 29.3 Å². The summed E-state index contributed by atoms with van der Waals surface area (Å²) < 4.78 is 38.5. The van der Waals surface area contributed by atoms with Crippen molar-refractivity contribution in [3.63, 3.8) is 0 Å². The Labute approximate surface area is 301 Å². The first-order valence-electron chi connectivity index (χ1n) is 15.9. The number of carbonyl (C=O) groups excluding carboxylic acids is 2. The summed E-state index contributed by atoms with van der Waals surface area (Å²) in [6, 6.07) is 9.84. The second-order valence-corrected chi connectivity index (χ2v) is 13.7. The third-order valence-corrected chi connectivity index (χ3v) is 6.58. The predicted octanol–water partition coefficient (Wildman–Crippen LogP) is 8.30. The van der Waals surface area contributed by atoms with Crippen molar-refractivity contribution in [2.45, 2.75) is 90.6 Å². The van der Waals surface area contributed by atoms with E-state index in [1.54, 1.807) is 76.8 Å². The quantitative estimate of drug-likeness (QED) is 0.145. The molecule has 2 saturated carbocycles. The summed E-state index contributed by atoms with van der Waals surface area (Å²) >= 11 is 17.5. The zero-order valence-electron chi connectivity index (χ0n) is 29.0. The highest BCUT2D eigenvalue weighted by atomic mass is 35.5. The van der Waals surface area contributed by atoms with Gasteiger partial charge in [-0.3, -0.25) is 4.39 Å². The SMILES string of the molecule is CC(C)(C)OC(=O)c1ccc(-n2ccc(OC3CC3)n2)nc1Cl.CC(C)(C)OC(=O)c1ccc(Cl)nc1Cl.[2H]CF.c1cc(OC2CC2)[nH]n1. The van der Waals surface area contributed by atoms with E-state index in [0.29, 0.717) is 17.8 Å². The molecule has 16 heteroatoms. The lowest BCUT2D eigenvalue weighted by atomic mass is 10.2. The van der Waals surface area contributed by atoms with Gasteiger partial charge in [0.25, 0.3) is 0 Å². The zero-order valence-corrected chi connectivity index (χ0v) is 30.3.